The lowest BCUT2D eigenvalue weighted by Gasteiger charge is -2.48. The molecule has 3 rings (SSSR count). The summed E-state index contributed by atoms with van der Waals surface area (Å²) in [4.78, 5) is 28.3. The number of aromatic amines is 1. The lowest BCUT2D eigenvalue weighted by molar-refractivity contribution is -0.141. The highest BCUT2D eigenvalue weighted by Crippen LogP contribution is 2.39. The van der Waals surface area contributed by atoms with Crippen LogP contribution >= 0.6 is 0 Å². The number of rotatable bonds is 4. The van der Waals surface area contributed by atoms with Gasteiger partial charge in [0.25, 0.3) is 5.91 Å². The van der Waals surface area contributed by atoms with Crippen LogP contribution in [0.25, 0.3) is 0 Å². The molecule has 0 radical (unpaired) electrons. The zero-order valence-electron chi connectivity index (χ0n) is 15.4. The summed E-state index contributed by atoms with van der Waals surface area (Å²) >= 11 is 0. The van der Waals surface area contributed by atoms with Crippen LogP contribution in [0.4, 0.5) is 13.2 Å². The molecule has 1 aromatic rings. The fourth-order valence-electron chi connectivity index (χ4n) is 4.11. The number of nitrogens with zero attached hydrogens (tertiary/aromatic N) is 3. The maximum Gasteiger partial charge on any atom is 0.432 e. The number of H-pyrrole nitrogens is 1. The number of hydrogen-bond donors (Lipinski definition) is 1. The van der Waals surface area contributed by atoms with Gasteiger partial charge < -0.3 is 9.80 Å². The van der Waals surface area contributed by atoms with Gasteiger partial charge in [-0.3, -0.25) is 14.7 Å². The van der Waals surface area contributed by atoms with Crippen LogP contribution in [0.3, 0.4) is 0 Å². The zero-order valence-corrected chi connectivity index (χ0v) is 15.4. The van der Waals surface area contributed by atoms with Crippen LogP contribution in [0.2, 0.25) is 0 Å². The fourth-order valence-corrected chi connectivity index (χ4v) is 4.11. The number of alkyl halides is 3. The molecule has 2 amide bonds. The standard InChI is InChI=1S/C18H25F3N4O2/c1-2-3-8-24-11-17(7-5-15(24)26)6-4-9-25(12-17)16(27)13-10-14(23-22-13)18(19,20)21/h10H,2-9,11-12H2,1H3,(H,22,23). The number of aromatic nitrogens is 2. The van der Waals surface area contributed by atoms with Gasteiger partial charge in [-0.05, 0) is 25.7 Å². The van der Waals surface area contributed by atoms with Crippen LogP contribution < -0.4 is 0 Å². The van der Waals surface area contributed by atoms with Crippen molar-refractivity contribution >= 4 is 11.8 Å². The third kappa shape index (κ3) is 4.27. The van der Waals surface area contributed by atoms with E-state index in [2.05, 4.69) is 12.0 Å². The van der Waals surface area contributed by atoms with E-state index < -0.39 is 17.8 Å². The van der Waals surface area contributed by atoms with Crippen molar-refractivity contribution in [2.45, 2.75) is 51.6 Å². The third-order valence-corrected chi connectivity index (χ3v) is 5.58. The Morgan fingerprint density at radius 3 is 2.78 bits per heavy atom. The molecule has 150 valence electrons. The zero-order chi connectivity index (χ0) is 19.7. The molecule has 6 nitrogen and oxygen atoms in total. The minimum Gasteiger partial charge on any atom is -0.342 e. The first-order valence-electron chi connectivity index (χ1n) is 9.44. The van der Waals surface area contributed by atoms with Crippen molar-refractivity contribution in [1.82, 2.24) is 20.0 Å². The number of unbranched alkanes of at least 4 members (excludes halogenated alkanes) is 1. The van der Waals surface area contributed by atoms with Crippen molar-refractivity contribution in [3.8, 4) is 0 Å². The van der Waals surface area contributed by atoms with Crippen LogP contribution in [0.1, 0.15) is 61.6 Å². The highest BCUT2D eigenvalue weighted by Gasteiger charge is 2.43. The predicted molar refractivity (Wildman–Crippen MR) is 91.9 cm³/mol. The van der Waals surface area contributed by atoms with Gasteiger partial charge in [0.1, 0.15) is 5.69 Å². The van der Waals surface area contributed by atoms with Gasteiger partial charge in [-0.25, -0.2) is 0 Å². The number of nitrogens with one attached hydrogen (secondary N) is 1. The first kappa shape index (κ1) is 19.7. The van der Waals surface area contributed by atoms with Gasteiger partial charge >= 0.3 is 6.18 Å². The molecule has 2 saturated heterocycles. The average molecular weight is 386 g/mol. The van der Waals surface area contributed by atoms with E-state index in [1.54, 1.807) is 4.90 Å². The molecule has 27 heavy (non-hydrogen) atoms. The summed E-state index contributed by atoms with van der Waals surface area (Å²) in [5.41, 5.74) is -1.40. The first-order valence-corrected chi connectivity index (χ1v) is 9.44. The lowest BCUT2D eigenvalue weighted by Crippen LogP contribution is -2.55. The molecule has 1 aromatic heterocycles. The maximum atomic E-state index is 12.7. The minimum atomic E-state index is -4.56. The van der Waals surface area contributed by atoms with E-state index in [0.717, 1.165) is 38.3 Å². The van der Waals surface area contributed by atoms with Crippen LogP contribution in [0.15, 0.2) is 6.07 Å². The van der Waals surface area contributed by atoms with Gasteiger partial charge in [-0.2, -0.15) is 18.3 Å². The highest BCUT2D eigenvalue weighted by molar-refractivity contribution is 5.92. The van der Waals surface area contributed by atoms with Gasteiger partial charge in [-0.1, -0.05) is 13.3 Å². The minimum absolute atomic E-state index is 0.152. The van der Waals surface area contributed by atoms with E-state index in [-0.39, 0.29) is 17.0 Å². The molecule has 3 heterocycles. The molecule has 2 aliphatic heterocycles. The second-order valence-corrected chi connectivity index (χ2v) is 7.66. The molecule has 9 heteroatoms. The summed E-state index contributed by atoms with van der Waals surface area (Å²) in [6, 6.07) is 0.765. The van der Waals surface area contributed by atoms with Crippen LogP contribution in [0, 0.1) is 5.41 Å². The van der Waals surface area contributed by atoms with Crippen LogP contribution in [0.5, 0.6) is 0 Å². The molecular formula is C18H25F3N4O2. The summed E-state index contributed by atoms with van der Waals surface area (Å²) < 4.78 is 38.2. The maximum absolute atomic E-state index is 12.7. The van der Waals surface area contributed by atoms with Crippen molar-refractivity contribution in [3.05, 3.63) is 17.5 Å². The van der Waals surface area contributed by atoms with Crippen molar-refractivity contribution in [1.29, 1.82) is 0 Å². The quantitative estimate of drug-likeness (QED) is 0.865. The van der Waals surface area contributed by atoms with Gasteiger partial charge in [-0.15, -0.1) is 0 Å². The monoisotopic (exact) mass is 386 g/mol. The van der Waals surface area contributed by atoms with E-state index >= 15 is 0 Å². The summed E-state index contributed by atoms with van der Waals surface area (Å²) in [7, 11) is 0. The molecular weight excluding hydrogens is 361 g/mol. The second kappa shape index (κ2) is 7.52. The Kier molecular flexibility index (Phi) is 5.48. The fraction of sp³-hybridized carbons (Fsp3) is 0.722. The predicted octanol–water partition coefficient (Wildman–Crippen LogP) is 3.07. The molecule has 0 saturated carbocycles. The number of piperidine rings is 2. The molecule has 1 N–H and O–H groups in total. The molecule has 2 aliphatic rings. The van der Waals surface area contributed by atoms with Crippen LogP contribution in [-0.4, -0.2) is 58.0 Å². The van der Waals surface area contributed by atoms with Gasteiger partial charge in [0.2, 0.25) is 5.91 Å². The van der Waals surface area contributed by atoms with Crippen molar-refractivity contribution in [2.24, 2.45) is 5.41 Å². The number of halogens is 3. The van der Waals surface area contributed by atoms with Crippen molar-refractivity contribution < 1.29 is 22.8 Å². The smallest absolute Gasteiger partial charge is 0.342 e. The van der Waals surface area contributed by atoms with Crippen molar-refractivity contribution in [2.75, 3.05) is 26.2 Å². The Hall–Kier alpha value is -2.06. The first-order chi connectivity index (χ1) is 12.7. The number of hydrogen-bond acceptors (Lipinski definition) is 3. The average Bonchev–Trinajstić information content (AvgIpc) is 3.13. The highest BCUT2D eigenvalue weighted by atomic mass is 19.4. The van der Waals surface area contributed by atoms with Gasteiger partial charge in [0, 0.05) is 44.1 Å². The second-order valence-electron chi connectivity index (χ2n) is 7.66. The molecule has 1 spiro atoms. The summed E-state index contributed by atoms with van der Waals surface area (Å²) in [5, 5.41) is 5.46. The Morgan fingerprint density at radius 2 is 2.11 bits per heavy atom. The molecule has 2 fully saturated rings. The molecule has 0 aromatic carbocycles. The van der Waals surface area contributed by atoms with Crippen molar-refractivity contribution in [3.63, 3.8) is 0 Å². The Bertz CT molecular complexity index is 703. The Morgan fingerprint density at radius 1 is 1.33 bits per heavy atom. The third-order valence-electron chi connectivity index (χ3n) is 5.58. The van der Waals surface area contributed by atoms with E-state index in [1.165, 1.54) is 0 Å². The SMILES string of the molecule is CCCCN1CC2(CCCN(C(=O)c3cc(C(F)(F)F)[nH]n3)C2)CCC1=O. The van der Waals surface area contributed by atoms with Gasteiger partial charge in [0.15, 0.2) is 5.69 Å². The van der Waals surface area contributed by atoms with E-state index in [1.807, 2.05) is 10.00 Å². The number of carbonyl (C=O) groups excluding carboxylic acids is 2. The topological polar surface area (TPSA) is 69.3 Å². The largest absolute Gasteiger partial charge is 0.432 e. The van der Waals surface area contributed by atoms with E-state index in [0.29, 0.717) is 32.5 Å². The Balaban J connectivity index is 1.70. The lowest BCUT2D eigenvalue weighted by atomic mass is 9.73. The molecule has 0 bridgehead atoms. The summed E-state index contributed by atoms with van der Waals surface area (Å²) in [5.74, 6) is -0.336. The Labute approximate surface area is 156 Å². The van der Waals surface area contributed by atoms with Gasteiger partial charge in [0.05, 0.1) is 0 Å². The summed E-state index contributed by atoms with van der Waals surface area (Å²) in [6.07, 6.45) is 0.260. The number of carbonyl (C=O) groups is 2. The molecule has 1 atom stereocenters. The van der Waals surface area contributed by atoms with E-state index in [9.17, 15) is 22.8 Å². The number of likely N-dealkylation sites (tertiary alicyclic amines) is 2. The molecule has 0 aliphatic carbocycles. The van der Waals surface area contributed by atoms with Crippen LogP contribution in [-0.2, 0) is 11.0 Å². The summed E-state index contributed by atoms with van der Waals surface area (Å²) in [6.45, 7) is 4.36. The van der Waals surface area contributed by atoms with E-state index in [4.69, 9.17) is 0 Å². The molecule has 1 unspecified atom stereocenters. The number of amides is 2. The normalized spacial score (nSPS) is 23.9.